The molecule has 2 amide bonds. The number of nitrogens with one attached hydrogen (secondary N) is 1. The summed E-state index contributed by atoms with van der Waals surface area (Å²) in [5.41, 5.74) is 0. The van der Waals surface area contributed by atoms with Gasteiger partial charge in [-0.25, -0.2) is 4.79 Å². The molecule has 0 spiro atoms. The molecule has 6 nitrogen and oxygen atoms in total. The number of esters is 1. The van der Waals surface area contributed by atoms with Crippen molar-refractivity contribution in [2.75, 3.05) is 25.7 Å². The fourth-order valence-electron chi connectivity index (χ4n) is 2.09. The van der Waals surface area contributed by atoms with E-state index in [4.69, 9.17) is 4.74 Å². The minimum Gasteiger partial charge on any atom is -0.467 e. The standard InChI is InChI=1S/C11H18N2O4S/c1-7(14)13-5-4-8(10(13)11(16)17-2)12-9(15)6-18-3/h8,10H,4-6H2,1-3H3,(H,12,15)/t8-,10-/m0/s1. The third-order valence-electron chi connectivity index (χ3n) is 2.87. The highest BCUT2D eigenvalue weighted by atomic mass is 32.2. The Morgan fingerprint density at radius 1 is 1.44 bits per heavy atom. The van der Waals surface area contributed by atoms with Gasteiger partial charge < -0.3 is 15.0 Å². The molecule has 1 heterocycles. The molecule has 18 heavy (non-hydrogen) atoms. The van der Waals surface area contributed by atoms with Crippen LogP contribution in [0.4, 0.5) is 0 Å². The zero-order chi connectivity index (χ0) is 13.7. The molecule has 1 fully saturated rings. The van der Waals surface area contributed by atoms with Crippen LogP contribution >= 0.6 is 11.8 Å². The lowest BCUT2D eigenvalue weighted by atomic mass is 10.1. The molecule has 0 aromatic carbocycles. The van der Waals surface area contributed by atoms with E-state index < -0.39 is 12.0 Å². The van der Waals surface area contributed by atoms with Gasteiger partial charge in [0.25, 0.3) is 0 Å². The molecule has 0 aromatic heterocycles. The number of carbonyl (C=O) groups excluding carboxylic acids is 3. The topological polar surface area (TPSA) is 75.7 Å². The van der Waals surface area contributed by atoms with Crippen LogP contribution in [0, 0.1) is 0 Å². The van der Waals surface area contributed by atoms with E-state index in [1.165, 1.54) is 30.7 Å². The fraction of sp³-hybridized carbons (Fsp3) is 0.727. The minimum atomic E-state index is -0.710. The lowest BCUT2D eigenvalue weighted by Crippen LogP contribution is -2.51. The highest BCUT2D eigenvalue weighted by molar-refractivity contribution is 7.99. The molecule has 0 bridgehead atoms. The van der Waals surface area contributed by atoms with E-state index in [9.17, 15) is 14.4 Å². The van der Waals surface area contributed by atoms with Crippen LogP contribution in [0.2, 0.25) is 0 Å². The number of hydrogen-bond acceptors (Lipinski definition) is 5. The van der Waals surface area contributed by atoms with E-state index >= 15 is 0 Å². The largest absolute Gasteiger partial charge is 0.467 e. The first-order valence-corrected chi connectivity index (χ1v) is 7.04. The number of hydrogen-bond donors (Lipinski definition) is 1. The van der Waals surface area contributed by atoms with Crippen molar-refractivity contribution in [1.29, 1.82) is 0 Å². The summed E-state index contributed by atoms with van der Waals surface area (Å²) in [5, 5.41) is 2.78. The average molecular weight is 274 g/mol. The van der Waals surface area contributed by atoms with Crippen LogP contribution in [0.5, 0.6) is 0 Å². The van der Waals surface area contributed by atoms with E-state index in [2.05, 4.69) is 5.32 Å². The SMILES string of the molecule is COC(=O)[C@@H]1[C@@H](NC(=O)CSC)CCN1C(C)=O. The van der Waals surface area contributed by atoms with Gasteiger partial charge in [0.05, 0.1) is 18.9 Å². The molecule has 1 aliphatic rings. The van der Waals surface area contributed by atoms with Gasteiger partial charge in [-0.15, -0.1) is 0 Å². The zero-order valence-corrected chi connectivity index (χ0v) is 11.6. The van der Waals surface area contributed by atoms with Crippen LogP contribution in [0.15, 0.2) is 0 Å². The quantitative estimate of drug-likeness (QED) is 0.708. The number of methoxy groups -OCH3 is 1. The van der Waals surface area contributed by atoms with E-state index in [1.807, 2.05) is 6.26 Å². The molecule has 1 aliphatic heterocycles. The lowest BCUT2D eigenvalue weighted by Gasteiger charge is -2.25. The van der Waals surface area contributed by atoms with Crippen LogP contribution in [-0.2, 0) is 19.1 Å². The van der Waals surface area contributed by atoms with Gasteiger partial charge in [0.15, 0.2) is 0 Å². The maximum atomic E-state index is 11.7. The monoisotopic (exact) mass is 274 g/mol. The second-order valence-electron chi connectivity index (χ2n) is 4.08. The van der Waals surface area contributed by atoms with Gasteiger partial charge in [-0.2, -0.15) is 11.8 Å². The Labute approximate surface area is 110 Å². The first-order chi connectivity index (χ1) is 8.51. The molecular weight excluding hydrogens is 256 g/mol. The van der Waals surface area contributed by atoms with Crippen LogP contribution in [0.1, 0.15) is 13.3 Å². The maximum Gasteiger partial charge on any atom is 0.330 e. The van der Waals surface area contributed by atoms with Crippen molar-refractivity contribution >= 4 is 29.5 Å². The Hall–Kier alpha value is -1.24. The lowest BCUT2D eigenvalue weighted by molar-refractivity contribution is -0.151. The molecule has 1 rings (SSSR count). The molecule has 7 heteroatoms. The number of thioether (sulfide) groups is 1. The molecule has 0 aliphatic carbocycles. The molecule has 102 valence electrons. The van der Waals surface area contributed by atoms with Gasteiger partial charge in [-0.3, -0.25) is 9.59 Å². The van der Waals surface area contributed by atoms with Crippen LogP contribution in [-0.4, -0.2) is 60.4 Å². The third kappa shape index (κ3) is 3.38. The van der Waals surface area contributed by atoms with Crippen molar-refractivity contribution in [3.05, 3.63) is 0 Å². The average Bonchev–Trinajstić information content (AvgIpc) is 2.72. The van der Waals surface area contributed by atoms with E-state index in [-0.39, 0.29) is 17.9 Å². The molecule has 0 saturated carbocycles. The summed E-state index contributed by atoms with van der Waals surface area (Å²) < 4.78 is 4.70. The maximum absolute atomic E-state index is 11.7. The third-order valence-corrected chi connectivity index (χ3v) is 3.42. The number of likely N-dealkylation sites (tertiary alicyclic amines) is 1. The summed E-state index contributed by atoms with van der Waals surface area (Å²) in [6.45, 7) is 1.86. The second kappa shape index (κ2) is 6.63. The van der Waals surface area contributed by atoms with E-state index in [1.54, 1.807) is 0 Å². The van der Waals surface area contributed by atoms with Gasteiger partial charge in [0, 0.05) is 13.5 Å². The predicted octanol–water partition coefficient (Wildman–Crippen LogP) is -0.372. The molecule has 1 N–H and O–H groups in total. The van der Waals surface area contributed by atoms with Gasteiger partial charge in [0.1, 0.15) is 6.04 Å². The number of amides is 2. The fourth-order valence-corrected chi connectivity index (χ4v) is 2.43. The summed E-state index contributed by atoms with van der Waals surface area (Å²) in [7, 11) is 1.28. The van der Waals surface area contributed by atoms with Gasteiger partial charge >= 0.3 is 5.97 Å². The summed E-state index contributed by atoms with van der Waals surface area (Å²) >= 11 is 1.41. The highest BCUT2D eigenvalue weighted by Crippen LogP contribution is 2.19. The van der Waals surface area contributed by atoms with Crippen LogP contribution in [0.3, 0.4) is 0 Å². The Morgan fingerprint density at radius 3 is 2.61 bits per heavy atom. The second-order valence-corrected chi connectivity index (χ2v) is 4.94. The number of carbonyl (C=O) groups is 3. The van der Waals surface area contributed by atoms with Crippen LogP contribution in [0.25, 0.3) is 0 Å². The summed E-state index contributed by atoms with van der Waals surface area (Å²) in [6, 6.07) is -1.07. The summed E-state index contributed by atoms with van der Waals surface area (Å²) in [5.74, 6) is -0.472. The van der Waals surface area contributed by atoms with Gasteiger partial charge in [0.2, 0.25) is 11.8 Å². The van der Waals surface area contributed by atoms with Crippen molar-refractivity contribution in [2.24, 2.45) is 0 Å². The highest BCUT2D eigenvalue weighted by Gasteiger charge is 2.42. The van der Waals surface area contributed by atoms with Crippen molar-refractivity contribution in [3.8, 4) is 0 Å². The summed E-state index contributed by atoms with van der Waals surface area (Å²) in [6.07, 6.45) is 2.40. The first-order valence-electron chi connectivity index (χ1n) is 5.64. The zero-order valence-electron chi connectivity index (χ0n) is 10.8. The molecule has 0 aromatic rings. The normalized spacial score (nSPS) is 22.7. The predicted molar refractivity (Wildman–Crippen MR) is 68.1 cm³/mol. The smallest absolute Gasteiger partial charge is 0.330 e. The van der Waals surface area contributed by atoms with Crippen molar-refractivity contribution in [2.45, 2.75) is 25.4 Å². The Bertz CT molecular complexity index is 348. The van der Waals surface area contributed by atoms with Crippen molar-refractivity contribution in [1.82, 2.24) is 10.2 Å². The number of nitrogens with zero attached hydrogens (tertiary/aromatic N) is 1. The Morgan fingerprint density at radius 2 is 2.11 bits per heavy atom. The number of rotatable bonds is 4. The molecule has 2 atom stereocenters. The molecular formula is C11H18N2O4S. The minimum absolute atomic E-state index is 0.133. The van der Waals surface area contributed by atoms with Crippen LogP contribution < -0.4 is 5.32 Å². The molecule has 1 saturated heterocycles. The number of ether oxygens (including phenoxy) is 1. The first kappa shape index (κ1) is 14.8. The Balaban J connectivity index is 2.75. The molecule has 0 unspecified atom stereocenters. The van der Waals surface area contributed by atoms with Gasteiger partial charge in [-0.1, -0.05) is 0 Å². The van der Waals surface area contributed by atoms with E-state index in [0.29, 0.717) is 18.7 Å². The van der Waals surface area contributed by atoms with Gasteiger partial charge in [-0.05, 0) is 12.7 Å². The summed E-state index contributed by atoms with van der Waals surface area (Å²) in [4.78, 5) is 36.1. The Kier molecular flexibility index (Phi) is 5.46. The molecule has 0 radical (unpaired) electrons. The van der Waals surface area contributed by atoms with Crippen molar-refractivity contribution in [3.63, 3.8) is 0 Å². The van der Waals surface area contributed by atoms with Crippen molar-refractivity contribution < 1.29 is 19.1 Å². The van der Waals surface area contributed by atoms with E-state index in [0.717, 1.165) is 0 Å².